The molecule has 0 spiro atoms. The third-order valence-corrected chi connectivity index (χ3v) is 5.44. The molecule has 0 saturated carbocycles. The second-order valence-electron chi connectivity index (χ2n) is 7.40. The zero-order valence-electron chi connectivity index (χ0n) is 14.6. The Morgan fingerprint density at radius 2 is 1.86 bits per heavy atom. The highest BCUT2D eigenvalue weighted by Gasteiger charge is 2.25. The molecule has 2 saturated heterocycles. The highest BCUT2D eigenvalue weighted by Crippen LogP contribution is 2.22. The lowest BCUT2D eigenvalue weighted by Crippen LogP contribution is -2.42. The highest BCUT2D eigenvalue weighted by atomic mass is 15.2. The van der Waals surface area contributed by atoms with Crippen LogP contribution in [-0.2, 0) is 0 Å². The summed E-state index contributed by atoms with van der Waals surface area (Å²) in [6.45, 7) is 14.8. The van der Waals surface area contributed by atoms with E-state index in [2.05, 4.69) is 35.9 Å². The summed E-state index contributed by atoms with van der Waals surface area (Å²) in [5.41, 5.74) is 0. The fourth-order valence-electron chi connectivity index (χ4n) is 4.09. The van der Waals surface area contributed by atoms with Gasteiger partial charge < -0.3 is 15.1 Å². The lowest BCUT2D eigenvalue weighted by Gasteiger charge is -2.35. The maximum absolute atomic E-state index is 3.50. The van der Waals surface area contributed by atoms with Crippen LogP contribution >= 0.6 is 0 Å². The first-order chi connectivity index (χ1) is 10.2. The van der Waals surface area contributed by atoms with Crippen LogP contribution in [0.4, 0.5) is 0 Å². The van der Waals surface area contributed by atoms with Gasteiger partial charge in [-0.25, -0.2) is 0 Å². The van der Waals surface area contributed by atoms with Gasteiger partial charge in [0.15, 0.2) is 0 Å². The molecular weight excluding hydrogens is 258 g/mol. The lowest BCUT2D eigenvalue weighted by molar-refractivity contribution is 0.136. The Kier molecular flexibility index (Phi) is 7.48. The highest BCUT2D eigenvalue weighted by molar-refractivity contribution is 4.81. The summed E-state index contributed by atoms with van der Waals surface area (Å²) >= 11 is 0. The average molecular weight is 296 g/mol. The summed E-state index contributed by atoms with van der Waals surface area (Å²) in [6, 6.07) is 1.55. The summed E-state index contributed by atoms with van der Waals surface area (Å²) < 4.78 is 0. The molecule has 1 unspecified atom stereocenters. The average Bonchev–Trinajstić information content (AvgIpc) is 2.74. The van der Waals surface area contributed by atoms with Gasteiger partial charge in [-0.2, -0.15) is 0 Å². The summed E-state index contributed by atoms with van der Waals surface area (Å²) in [5.74, 6) is 0.933. The zero-order valence-corrected chi connectivity index (χ0v) is 14.6. The van der Waals surface area contributed by atoms with Crippen molar-refractivity contribution < 1.29 is 0 Å². The molecule has 0 radical (unpaired) electrons. The van der Waals surface area contributed by atoms with E-state index in [-0.39, 0.29) is 0 Å². The van der Waals surface area contributed by atoms with Gasteiger partial charge in [0.2, 0.25) is 0 Å². The van der Waals surface area contributed by atoms with Crippen LogP contribution in [0.25, 0.3) is 0 Å². The molecule has 3 nitrogen and oxygen atoms in total. The van der Waals surface area contributed by atoms with Crippen LogP contribution in [0.15, 0.2) is 0 Å². The molecule has 124 valence electrons. The maximum atomic E-state index is 3.50. The standard InChI is InChI=1S/C18H37N3/c1-4-12-21(15-17-7-10-19-11-8-17)18-6-5-13-20(14-9-18)16(2)3/h16-19H,4-15H2,1-3H3. The molecule has 0 aromatic carbocycles. The summed E-state index contributed by atoms with van der Waals surface area (Å²) in [6.07, 6.45) is 8.23. The van der Waals surface area contributed by atoms with Crippen LogP contribution in [0, 0.1) is 5.92 Å². The van der Waals surface area contributed by atoms with Crippen molar-refractivity contribution in [2.75, 3.05) is 39.3 Å². The summed E-state index contributed by atoms with van der Waals surface area (Å²) in [7, 11) is 0. The van der Waals surface area contributed by atoms with E-state index < -0.39 is 0 Å². The number of hydrogen-bond acceptors (Lipinski definition) is 3. The van der Waals surface area contributed by atoms with Crippen LogP contribution in [-0.4, -0.2) is 61.2 Å². The van der Waals surface area contributed by atoms with Crippen LogP contribution in [0.3, 0.4) is 0 Å². The molecule has 1 N–H and O–H groups in total. The van der Waals surface area contributed by atoms with E-state index in [0.29, 0.717) is 6.04 Å². The van der Waals surface area contributed by atoms with Gasteiger partial charge >= 0.3 is 0 Å². The molecule has 2 rings (SSSR count). The number of hydrogen-bond donors (Lipinski definition) is 1. The summed E-state index contributed by atoms with van der Waals surface area (Å²) in [5, 5.41) is 3.50. The molecule has 0 amide bonds. The van der Waals surface area contributed by atoms with Crippen molar-refractivity contribution >= 4 is 0 Å². The first-order valence-corrected chi connectivity index (χ1v) is 9.39. The predicted octanol–water partition coefficient (Wildman–Crippen LogP) is 2.96. The Bertz CT molecular complexity index is 274. The van der Waals surface area contributed by atoms with Gasteiger partial charge in [-0.05, 0) is 91.0 Å². The van der Waals surface area contributed by atoms with E-state index in [0.717, 1.165) is 12.0 Å². The van der Waals surface area contributed by atoms with Crippen molar-refractivity contribution in [1.82, 2.24) is 15.1 Å². The molecule has 2 heterocycles. The Labute approximate surface area is 132 Å². The molecule has 0 aliphatic carbocycles. The van der Waals surface area contributed by atoms with Crippen molar-refractivity contribution in [3.63, 3.8) is 0 Å². The number of rotatable bonds is 6. The maximum Gasteiger partial charge on any atom is 0.0108 e. The van der Waals surface area contributed by atoms with Crippen molar-refractivity contribution in [2.24, 2.45) is 5.92 Å². The minimum atomic E-state index is 0.716. The van der Waals surface area contributed by atoms with E-state index >= 15 is 0 Å². The smallest absolute Gasteiger partial charge is 0.0108 e. The molecule has 0 aromatic rings. The van der Waals surface area contributed by atoms with E-state index in [1.165, 1.54) is 77.8 Å². The van der Waals surface area contributed by atoms with Crippen molar-refractivity contribution in [3.05, 3.63) is 0 Å². The molecule has 0 bridgehead atoms. The van der Waals surface area contributed by atoms with E-state index in [1.54, 1.807) is 0 Å². The Hall–Kier alpha value is -0.120. The van der Waals surface area contributed by atoms with Gasteiger partial charge in [0, 0.05) is 18.6 Å². The van der Waals surface area contributed by atoms with Crippen LogP contribution in [0.2, 0.25) is 0 Å². The molecule has 2 aliphatic heterocycles. The second kappa shape index (κ2) is 9.12. The third kappa shape index (κ3) is 5.54. The minimum Gasteiger partial charge on any atom is -0.317 e. The number of piperidine rings is 1. The van der Waals surface area contributed by atoms with Crippen LogP contribution in [0.1, 0.15) is 59.3 Å². The zero-order chi connectivity index (χ0) is 15.1. The van der Waals surface area contributed by atoms with Crippen LogP contribution < -0.4 is 5.32 Å². The molecule has 3 heteroatoms. The Morgan fingerprint density at radius 1 is 1.10 bits per heavy atom. The first kappa shape index (κ1) is 17.2. The van der Waals surface area contributed by atoms with Gasteiger partial charge in [-0.15, -0.1) is 0 Å². The molecule has 2 fully saturated rings. The van der Waals surface area contributed by atoms with Crippen LogP contribution in [0.5, 0.6) is 0 Å². The molecular formula is C18H37N3. The SMILES string of the molecule is CCCN(CC1CCNCC1)C1CCCN(C(C)C)CC1. The fourth-order valence-corrected chi connectivity index (χ4v) is 4.09. The minimum absolute atomic E-state index is 0.716. The van der Waals surface area contributed by atoms with Gasteiger partial charge in [-0.1, -0.05) is 6.92 Å². The van der Waals surface area contributed by atoms with Gasteiger partial charge in [-0.3, -0.25) is 0 Å². The molecule has 0 aromatic heterocycles. The Morgan fingerprint density at radius 3 is 2.52 bits per heavy atom. The Balaban J connectivity index is 1.87. The lowest BCUT2D eigenvalue weighted by atomic mass is 9.95. The van der Waals surface area contributed by atoms with Crippen molar-refractivity contribution in [2.45, 2.75) is 71.4 Å². The first-order valence-electron chi connectivity index (χ1n) is 9.39. The fraction of sp³-hybridized carbons (Fsp3) is 1.00. The van der Waals surface area contributed by atoms with E-state index in [4.69, 9.17) is 0 Å². The van der Waals surface area contributed by atoms with Gasteiger partial charge in [0.1, 0.15) is 0 Å². The quantitative estimate of drug-likeness (QED) is 0.813. The number of nitrogens with one attached hydrogen (secondary N) is 1. The topological polar surface area (TPSA) is 18.5 Å². The number of nitrogens with zero attached hydrogens (tertiary/aromatic N) is 2. The van der Waals surface area contributed by atoms with Crippen molar-refractivity contribution in [3.8, 4) is 0 Å². The van der Waals surface area contributed by atoms with E-state index in [9.17, 15) is 0 Å². The van der Waals surface area contributed by atoms with E-state index in [1.807, 2.05) is 0 Å². The predicted molar refractivity (Wildman–Crippen MR) is 91.8 cm³/mol. The monoisotopic (exact) mass is 295 g/mol. The third-order valence-electron chi connectivity index (χ3n) is 5.44. The second-order valence-corrected chi connectivity index (χ2v) is 7.40. The van der Waals surface area contributed by atoms with Gasteiger partial charge in [0.05, 0.1) is 0 Å². The van der Waals surface area contributed by atoms with Gasteiger partial charge in [0.25, 0.3) is 0 Å². The summed E-state index contributed by atoms with van der Waals surface area (Å²) in [4.78, 5) is 5.52. The molecule has 1 atom stereocenters. The number of likely N-dealkylation sites (tertiary alicyclic amines) is 1. The normalized spacial score (nSPS) is 26.4. The van der Waals surface area contributed by atoms with Crippen molar-refractivity contribution in [1.29, 1.82) is 0 Å². The largest absolute Gasteiger partial charge is 0.317 e. The molecule has 21 heavy (non-hydrogen) atoms. The molecule has 2 aliphatic rings.